The summed E-state index contributed by atoms with van der Waals surface area (Å²) in [6.07, 6.45) is 3.84. The van der Waals surface area contributed by atoms with Gasteiger partial charge in [-0.15, -0.1) is 0 Å². The van der Waals surface area contributed by atoms with Crippen molar-refractivity contribution in [1.82, 2.24) is 15.0 Å². The van der Waals surface area contributed by atoms with Crippen LogP contribution in [0, 0.1) is 0 Å². The Morgan fingerprint density at radius 1 is 1.50 bits per heavy atom. The van der Waals surface area contributed by atoms with Crippen molar-refractivity contribution < 1.29 is 14.3 Å². The number of aromatic nitrogens is 3. The van der Waals surface area contributed by atoms with E-state index in [1.165, 1.54) is 18.8 Å². The van der Waals surface area contributed by atoms with Gasteiger partial charge in [-0.3, -0.25) is 4.79 Å². The average Bonchev–Trinajstić information content (AvgIpc) is 2.73. The molecule has 6 nitrogen and oxygen atoms in total. The van der Waals surface area contributed by atoms with E-state index in [2.05, 4.69) is 15.0 Å². The van der Waals surface area contributed by atoms with Gasteiger partial charge in [0.2, 0.25) is 0 Å². The lowest BCUT2D eigenvalue weighted by Gasteiger charge is -2.00. The molecule has 2 aromatic heterocycles. The van der Waals surface area contributed by atoms with Crippen molar-refractivity contribution in [3.8, 4) is 11.6 Å². The Balaban J connectivity index is 2.33. The van der Waals surface area contributed by atoms with E-state index in [0.29, 0.717) is 11.3 Å². The predicted octanol–water partition coefficient (Wildman–Crippen LogP) is 1.41. The normalized spacial score (nSPS) is 10.3. The van der Waals surface area contributed by atoms with Crippen LogP contribution in [0.4, 0.5) is 0 Å². The van der Waals surface area contributed by atoms with Crippen LogP contribution in [0.1, 0.15) is 5.56 Å². The van der Waals surface area contributed by atoms with Crippen LogP contribution < -0.4 is 0 Å². The van der Waals surface area contributed by atoms with E-state index in [9.17, 15) is 4.79 Å². The minimum absolute atomic E-state index is 0.101. The third-order valence-electron chi connectivity index (χ3n) is 1.81. The standard InChI is InChI=1S/C9H6ClN3O3/c10-8-5(1-7(14)15)2-12-9(13-8)6-3-11-4-16-6/h2-4H,1H2,(H,14,15). The summed E-state index contributed by atoms with van der Waals surface area (Å²) in [5.74, 6) is -0.335. The number of nitrogens with zero attached hydrogens (tertiary/aromatic N) is 3. The highest BCUT2D eigenvalue weighted by Gasteiger charge is 2.11. The summed E-state index contributed by atoms with van der Waals surface area (Å²) < 4.78 is 4.98. The molecule has 0 bridgehead atoms. The smallest absolute Gasteiger partial charge is 0.307 e. The summed E-state index contributed by atoms with van der Waals surface area (Å²) in [4.78, 5) is 22.1. The number of oxazole rings is 1. The molecule has 0 saturated carbocycles. The van der Waals surface area contributed by atoms with Gasteiger partial charge in [-0.05, 0) is 0 Å². The van der Waals surface area contributed by atoms with Gasteiger partial charge in [-0.2, -0.15) is 0 Å². The fraction of sp³-hybridized carbons (Fsp3) is 0.111. The molecule has 0 saturated heterocycles. The molecule has 0 fully saturated rings. The first-order valence-electron chi connectivity index (χ1n) is 4.29. The van der Waals surface area contributed by atoms with Crippen LogP contribution in [0.25, 0.3) is 11.6 Å². The van der Waals surface area contributed by atoms with Crippen molar-refractivity contribution >= 4 is 17.6 Å². The van der Waals surface area contributed by atoms with Gasteiger partial charge in [0.15, 0.2) is 18.0 Å². The molecule has 2 rings (SSSR count). The number of aliphatic carboxylic acids is 1. The van der Waals surface area contributed by atoms with Crippen molar-refractivity contribution in [2.75, 3.05) is 0 Å². The molecule has 2 heterocycles. The van der Waals surface area contributed by atoms with Crippen LogP contribution in [0.2, 0.25) is 5.15 Å². The number of rotatable bonds is 3. The van der Waals surface area contributed by atoms with Crippen LogP contribution in [0.5, 0.6) is 0 Å². The van der Waals surface area contributed by atoms with Crippen LogP contribution in [0.3, 0.4) is 0 Å². The lowest BCUT2D eigenvalue weighted by Crippen LogP contribution is -2.03. The molecule has 82 valence electrons. The van der Waals surface area contributed by atoms with Crippen molar-refractivity contribution in [3.63, 3.8) is 0 Å². The molecule has 0 aliphatic rings. The summed E-state index contributed by atoms with van der Waals surface area (Å²) in [7, 11) is 0. The topological polar surface area (TPSA) is 89.1 Å². The van der Waals surface area contributed by atoms with Gasteiger partial charge in [-0.25, -0.2) is 15.0 Å². The maximum atomic E-state index is 10.5. The van der Waals surface area contributed by atoms with Crippen molar-refractivity contribution in [2.45, 2.75) is 6.42 Å². The number of carboxylic acid groups (broad SMARTS) is 1. The summed E-state index contributed by atoms with van der Waals surface area (Å²) in [5.41, 5.74) is 0.359. The lowest BCUT2D eigenvalue weighted by molar-refractivity contribution is -0.136. The van der Waals surface area contributed by atoms with E-state index in [1.807, 2.05) is 0 Å². The zero-order valence-corrected chi connectivity index (χ0v) is 8.68. The summed E-state index contributed by atoms with van der Waals surface area (Å²) in [5, 5.41) is 8.70. The number of carboxylic acids is 1. The first-order valence-corrected chi connectivity index (χ1v) is 4.66. The Bertz CT molecular complexity index is 513. The first-order chi connectivity index (χ1) is 7.66. The highest BCUT2D eigenvalue weighted by atomic mass is 35.5. The molecule has 1 N–H and O–H groups in total. The van der Waals surface area contributed by atoms with Crippen LogP contribution in [-0.4, -0.2) is 26.0 Å². The molecule has 16 heavy (non-hydrogen) atoms. The molecule has 0 aliphatic heterocycles. The third-order valence-corrected chi connectivity index (χ3v) is 2.13. The molecule has 0 atom stereocenters. The van der Waals surface area contributed by atoms with Crippen molar-refractivity contribution in [2.24, 2.45) is 0 Å². The number of halogens is 1. The van der Waals surface area contributed by atoms with Crippen molar-refractivity contribution in [1.29, 1.82) is 0 Å². The van der Waals surface area contributed by atoms with Crippen molar-refractivity contribution in [3.05, 3.63) is 29.5 Å². The monoisotopic (exact) mass is 239 g/mol. The Kier molecular flexibility index (Phi) is 2.82. The van der Waals surface area contributed by atoms with Gasteiger partial charge in [-0.1, -0.05) is 11.6 Å². The molecular formula is C9H6ClN3O3. The second-order valence-electron chi connectivity index (χ2n) is 2.95. The Labute approximate surface area is 94.9 Å². The largest absolute Gasteiger partial charge is 0.481 e. The van der Waals surface area contributed by atoms with Crippen LogP contribution in [0.15, 0.2) is 23.2 Å². The van der Waals surface area contributed by atoms with Gasteiger partial charge in [0.05, 0.1) is 12.6 Å². The van der Waals surface area contributed by atoms with Crippen LogP contribution >= 0.6 is 11.6 Å². The maximum Gasteiger partial charge on any atom is 0.307 e. The Hall–Kier alpha value is -1.95. The molecular weight excluding hydrogens is 234 g/mol. The van der Waals surface area contributed by atoms with E-state index >= 15 is 0 Å². The second-order valence-corrected chi connectivity index (χ2v) is 3.30. The van der Waals surface area contributed by atoms with Gasteiger partial charge in [0.1, 0.15) is 5.15 Å². The van der Waals surface area contributed by atoms with Gasteiger partial charge >= 0.3 is 5.97 Å². The van der Waals surface area contributed by atoms with Crippen LogP contribution in [-0.2, 0) is 11.2 Å². The minimum Gasteiger partial charge on any atom is -0.481 e. The van der Waals surface area contributed by atoms with E-state index in [4.69, 9.17) is 21.1 Å². The average molecular weight is 240 g/mol. The quantitative estimate of drug-likeness (QED) is 0.815. The molecule has 7 heteroatoms. The highest BCUT2D eigenvalue weighted by Crippen LogP contribution is 2.19. The van der Waals surface area contributed by atoms with E-state index < -0.39 is 5.97 Å². The van der Waals surface area contributed by atoms with Gasteiger partial charge in [0.25, 0.3) is 0 Å². The summed E-state index contributed by atoms with van der Waals surface area (Å²) >= 11 is 5.81. The van der Waals surface area contributed by atoms with E-state index in [-0.39, 0.29) is 17.4 Å². The lowest BCUT2D eigenvalue weighted by atomic mass is 10.2. The number of hydrogen-bond acceptors (Lipinski definition) is 5. The number of carbonyl (C=O) groups is 1. The summed E-state index contributed by atoms with van der Waals surface area (Å²) in [6, 6.07) is 0. The SMILES string of the molecule is O=C(O)Cc1cnc(-c2cnco2)nc1Cl. The van der Waals surface area contributed by atoms with E-state index in [1.54, 1.807) is 0 Å². The Morgan fingerprint density at radius 2 is 2.31 bits per heavy atom. The molecule has 0 amide bonds. The minimum atomic E-state index is -0.988. The van der Waals surface area contributed by atoms with Gasteiger partial charge in [0, 0.05) is 11.8 Å². The highest BCUT2D eigenvalue weighted by molar-refractivity contribution is 6.30. The zero-order valence-electron chi connectivity index (χ0n) is 7.92. The maximum absolute atomic E-state index is 10.5. The molecule has 0 radical (unpaired) electrons. The molecule has 2 aromatic rings. The Morgan fingerprint density at radius 3 is 2.88 bits per heavy atom. The first kappa shape index (κ1) is 10.6. The molecule has 0 aliphatic carbocycles. The molecule has 0 aromatic carbocycles. The second kappa shape index (κ2) is 4.28. The van der Waals surface area contributed by atoms with Gasteiger partial charge < -0.3 is 9.52 Å². The fourth-order valence-electron chi connectivity index (χ4n) is 1.11. The van der Waals surface area contributed by atoms with E-state index in [0.717, 1.165) is 0 Å². The predicted molar refractivity (Wildman–Crippen MR) is 53.9 cm³/mol. The molecule has 0 spiro atoms. The zero-order chi connectivity index (χ0) is 11.5. The fourth-order valence-corrected chi connectivity index (χ4v) is 1.31. The third kappa shape index (κ3) is 2.17. The summed E-state index contributed by atoms with van der Waals surface area (Å²) in [6.45, 7) is 0. The molecule has 0 unspecified atom stereocenters. The number of hydrogen-bond donors (Lipinski definition) is 1.